The van der Waals surface area contributed by atoms with Gasteiger partial charge in [0.05, 0.1) is 11.5 Å². The lowest BCUT2D eigenvalue weighted by atomic mass is 9.56. The van der Waals surface area contributed by atoms with Crippen molar-refractivity contribution in [3.05, 3.63) is 35.5 Å². The lowest BCUT2D eigenvalue weighted by Gasteiger charge is -2.59. The molecule has 2 aromatic rings. The molecule has 4 nitrogen and oxygen atoms in total. The van der Waals surface area contributed by atoms with Gasteiger partial charge in [0, 0.05) is 35.6 Å². The fourth-order valence-electron chi connectivity index (χ4n) is 6.43. The third kappa shape index (κ3) is 2.51. The Kier molecular flexibility index (Phi) is 3.66. The first kappa shape index (κ1) is 16.9. The first-order valence-corrected chi connectivity index (χ1v) is 10.3. The van der Waals surface area contributed by atoms with Crippen LogP contribution in [0.3, 0.4) is 0 Å². The van der Waals surface area contributed by atoms with Gasteiger partial charge in [-0.1, -0.05) is 19.1 Å². The molecule has 4 bridgehead atoms. The molecule has 140 valence electrons. The summed E-state index contributed by atoms with van der Waals surface area (Å²) in [5, 5.41) is 11.0. The van der Waals surface area contributed by atoms with E-state index < -0.39 is 0 Å². The Morgan fingerprint density at radius 3 is 2.78 bits per heavy atom. The smallest absolute Gasteiger partial charge is 0.223 e. The highest BCUT2D eigenvalue weighted by molar-refractivity contribution is 5.88. The van der Waals surface area contributed by atoms with E-state index in [0.29, 0.717) is 24.4 Å². The summed E-state index contributed by atoms with van der Waals surface area (Å²) < 4.78 is 0. The number of amides is 1. The van der Waals surface area contributed by atoms with Crippen LogP contribution < -0.4 is 0 Å². The number of carbonyl (C=O) groups excluding carboxylic acids is 1. The minimum atomic E-state index is -0.146. The first-order valence-electron chi connectivity index (χ1n) is 10.3. The van der Waals surface area contributed by atoms with Crippen LogP contribution in [0.4, 0.5) is 0 Å². The molecule has 1 N–H and O–H groups in total. The fourth-order valence-corrected chi connectivity index (χ4v) is 6.43. The number of carbonyl (C=O) groups is 1. The Hall–Kier alpha value is -2.28. The second kappa shape index (κ2) is 5.86. The highest BCUT2D eigenvalue weighted by atomic mass is 16.2. The zero-order valence-corrected chi connectivity index (χ0v) is 16.2. The van der Waals surface area contributed by atoms with Crippen molar-refractivity contribution < 1.29 is 4.79 Å². The maximum absolute atomic E-state index is 13.3. The SMILES string of the molecule is Cc1cccc2[nH]cc(C(C)CC(=O)N3C4CC5CC3CC(C#N)(C5)C4)c12. The molecule has 6 rings (SSSR count). The highest BCUT2D eigenvalue weighted by Crippen LogP contribution is 2.56. The van der Waals surface area contributed by atoms with Gasteiger partial charge in [0.2, 0.25) is 5.91 Å². The van der Waals surface area contributed by atoms with Gasteiger partial charge < -0.3 is 9.88 Å². The number of rotatable bonds is 3. The molecule has 3 heterocycles. The largest absolute Gasteiger partial charge is 0.361 e. The number of H-pyrrole nitrogens is 1. The molecule has 0 radical (unpaired) electrons. The van der Waals surface area contributed by atoms with Crippen molar-refractivity contribution in [2.75, 3.05) is 0 Å². The summed E-state index contributed by atoms with van der Waals surface area (Å²) >= 11 is 0. The van der Waals surface area contributed by atoms with Gasteiger partial charge in [-0.2, -0.15) is 5.26 Å². The van der Waals surface area contributed by atoms with Gasteiger partial charge in [-0.15, -0.1) is 0 Å². The first-order chi connectivity index (χ1) is 13.0. The topological polar surface area (TPSA) is 59.9 Å². The quantitative estimate of drug-likeness (QED) is 0.865. The average Bonchev–Trinajstić information content (AvgIpc) is 3.06. The summed E-state index contributed by atoms with van der Waals surface area (Å²) in [6.07, 6.45) is 7.68. The Balaban J connectivity index is 1.37. The molecule has 27 heavy (non-hydrogen) atoms. The van der Waals surface area contributed by atoms with Crippen molar-refractivity contribution >= 4 is 16.8 Å². The van der Waals surface area contributed by atoms with E-state index >= 15 is 0 Å². The molecule has 1 aromatic carbocycles. The van der Waals surface area contributed by atoms with Gasteiger partial charge in [-0.25, -0.2) is 0 Å². The molecule has 0 spiro atoms. The predicted molar refractivity (Wildman–Crippen MR) is 105 cm³/mol. The molecule has 2 saturated carbocycles. The van der Waals surface area contributed by atoms with Crippen LogP contribution in [-0.4, -0.2) is 27.9 Å². The molecule has 3 atom stereocenters. The highest BCUT2D eigenvalue weighted by Gasteiger charge is 2.55. The second-order valence-electron chi connectivity index (χ2n) is 9.30. The van der Waals surface area contributed by atoms with E-state index in [4.69, 9.17) is 0 Å². The van der Waals surface area contributed by atoms with Gasteiger partial charge >= 0.3 is 0 Å². The molecule has 2 aliphatic heterocycles. The summed E-state index contributed by atoms with van der Waals surface area (Å²) in [4.78, 5) is 18.8. The van der Waals surface area contributed by atoms with Crippen LogP contribution in [0.25, 0.3) is 10.9 Å². The number of hydrogen-bond donors (Lipinski definition) is 1. The standard InChI is InChI=1S/C23H27N3O/c1-14-4-3-5-20-22(14)19(12-25-20)15(2)6-21(27)26-17-7-16-8-18(26)11-23(9-16,10-17)13-24/h3-5,12,15-18,25H,6-11H2,1-2H3. The molecule has 2 aliphatic carbocycles. The summed E-state index contributed by atoms with van der Waals surface area (Å²) in [5.41, 5.74) is 3.51. The summed E-state index contributed by atoms with van der Waals surface area (Å²) in [6, 6.07) is 9.50. The molecular formula is C23H27N3O. The van der Waals surface area contributed by atoms with Crippen molar-refractivity contribution in [1.29, 1.82) is 5.26 Å². The van der Waals surface area contributed by atoms with Crippen LogP contribution in [0.5, 0.6) is 0 Å². The van der Waals surface area contributed by atoms with E-state index in [-0.39, 0.29) is 17.2 Å². The van der Waals surface area contributed by atoms with Crippen molar-refractivity contribution in [2.45, 2.75) is 70.4 Å². The van der Waals surface area contributed by atoms with Crippen LogP contribution in [0, 0.1) is 29.6 Å². The molecule has 4 fully saturated rings. The minimum absolute atomic E-state index is 0.146. The third-order valence-electron chi connectivity index (χ3n) is 7.41. The Labute approximate surface area is 160 Å². The van der Waals surface area contributed by atoms with Crippen molar-refractivity contribution in [1.82, 2.24) is 9.88 Å². The zero-order valence-electron chi connectivity index (χ0n) is 16.2. The predicted octanol–water partition coefficient (Wildman–Crippen LogP) is 4.65. The average molecular weight is 361 g/mol. The Bertz CT molecular complexity index is 936. The summed E-state index contributed by atoms with van der Waals surface area (Å²) in [6.45, 7) is 4.30. The third-order valence-corrected chi connectivity index (χ3v) is 7.41. The summed E-state index contributed by atoms with van der Waals surface area (Å²) in [7, 11) is 0. The van der Waals surface area contributed by atoms with Crippen LogP contribution in [0.15, 0.2) is 24.4 Å². The maximum Gasteiger partial charge on any atom is 0.223 e. The van der Waals surface area contributed by atoms with E-state index in [2.05, 4.69) is 54.2 Å². The van der Waals surface area contributed by atoms with E-state index in [1.165, 1.54) is 16.5 Å². The molecule has 3 unspecified atom stereocenters. The van der Waals surface area contributed by atoms with E-state index in [1.807, 2.05) is 0 Å². The number of nitrogens with one attached hydrogen (secondary N) is 1. The van der Waals surface area contributed by atoms with Gasteiger partial charge in [-0.05, 0) is 68.1 Å². The fraction of sp³-hybridized carbons (Fsp3) is 0.565. The lowest BCUT2D eigenvalue weighted by molar-refractivity contribution is -0.153. The van der Waals surface area contributed by atoms with Gasteiger partial charge in [0.1, 0.15) is 0 Å². The van der Waals surface area contributed by atoms with Crippen molar-refractivity contribution in [3.63, 3.8) is 0 Å². The number of hydrogen-bond acceptors (Lipinski definition) is 2. The van der Waals surface area contributed by atoms with Gasteiger partial charge in [0.25, 0.3) is 0 Å². The maximum atomic E-state index is 13.3. The number of fused-ring (bicyclic) bond motifs is 1. The van der Waals surface area contributed by atoms with Crippen LogP contribution in [0.2, 0.25) is 0 Å². The lowest BCUT2D eigenvalue weighted by Crippen LogP contribution is -2.63. The normalized spacial score (nSPS) is 32.6. The van der Waals surface area contributed by atoms with Crippen LogP contribution >= 0.6 is 0 Å². The number of nitriles is 1. The Morgan fingerprint density at radius 1 is 1.33 bits per heavy atom. The van der Waals surface area contributed by atoms with Crippen LogP contribution in [0.1, 0.15) is 62.5 Å². The number of benzene rings is 1. The number of aromatic amines is 1. The molecular weight excluding hydrogens is 334 g/mol. The molecule has 1 aromatic heterocycles. The summed E-state index contributed by atoms with van der Waals surface area (Å²) in [5.74, 6) is 1.13. The van der Waals surface area contributed by atoms with E-state index in [0.717, 1.165) is 37.6 Å². The minimum Gasteiger partial charge on any atom is -0.361 e. The Morgan fingerprint density at radius 2 is 2.07 bits per heavy atom. The van der Waals surface area contributed by atoms with E-state index in [1.54, 1.807) is 0 Å². The second-order valence-corrected chi connectivity index (χ2v) is 9.30. The van der Waals surface area contributed by atoms with Crippen LogP contribution in [-0.2, 0) is 4.79 Å². The van der Waals surface area contributed by atoms with Gasteiger partial charge in [0.15, 0.2) is 0 Å². The van der Waals surface area contributed by atoms with E-state index in [9.17, 15) is 10.1 Å². The number of aromatic nitrogens is 1. The molecule has 1 amide bonds. The number of piperidine rings is 2. The number of aryl methyl sites for hydroxylation is 1. The number of nitrogens with zero attached hydrogens (tertiary/aromatic N) is 2. The zero-order chi connectivity index (χ0) is 18.8. The molecule has 2 saturated heterocycles. The van der Waals surface area contributed by atoms with Gasteiger partial charge in [-0.3, -0.25) is 4.79 Å². The monoisotopic (exact) mass is 361 g/mol. The molecule has 4 aliphatic rings. The van der Waals surface area contributed by atoms with Crippen molar-refractivity contribution in [3.8, 4) is 6.07 Å². The van der Waals surface area contributed by atoms with Crippen molar-refractivity contribution in [2.24, 2.45) is 11.3 Å². The molecule has 4 heteroatoms.